The van der Waals surface area contributed by atoms with Crippen LogP contribution in [0.3, 0.4) is 0 Å². The molecule has 19 heavy (non-hydrogen) atoms. The summed E-state index contributed by atoms with van der Waals surface area (Å²) in [6.07, 6.45) is 0. The molecule has 2 nitrogen and oxygen atoms in total. The van der Waals surface area contributed by atoms with E-state index in [0.717, 1.165) is 16.8 Å². The number of methoxy groups -OCH3 is 1. The summed E-state index contributed by atoms with van der Waals surface area (Å²) in [7, 11) is 3.76. The van der Waals surface area contributed by atoms with Gasteiger partial charge in [0.2, 0.25) is 0 Å². The normalized spacial score (nSPS) is 10.3. The van der Waals surface area contributed by atoms with Crippen molar-refractivity contribution in [1.82, 2.24) is 0 Å². The van der Waals surface area contributed by atoms with E-state index in [4.69, 9.17) is 4.74 Å². The first kappa shape index (κ1) is 13.9. The summed E-state index contributed by atoms with van der Waals surface area (Å²) < 4.78 is 5.27. The lowest BCUT2D eigenvalue weighted by Crippen LogP contribution is -2.09. The molecule has 0 aliphatic heterocycles. The summed E-state index contributed by atoms with van der Waals surface area (Å²) in [5, 5.41) is 0.891. The summed E-state index contributed by atoms with van der Waals surface area (Å²) in [6.45, 7) is 2.14. The van der Waals surface area contributed by atoms with Crippen LogP contribution in [0.5, 0.6) is 5.75 Å². The van der Waals surface area contributed by atoms with Crippen LogP contribution >= 0.6 is 15.9 Å². The van der Waals surface area contributed by atoms with E-state index in [1.54, 1.807) is 7.11 Å². The SMILES string of the molecule is COc1cccc(N(C)c2ccc(CBr)c(C)c2)c1. The molecule has 0 spiro atoms. The molecule has 0 aromatic heterocycles. The Morgan fingerprint density at radius 3 is 2.47 bits per heavy atom. The number of ether oxygens (including phenoxy) is 1. The number of hydrogen-bond acceptors (Lipinski definition) is 2. The van der Waals surface area contributed by atoms with E-state index in [-0.39, 0.29) is 0 Å². The zero-order chi connectivity index (χ0) is 13.8. The van der Waals surface area contributed by atoms with Crippen molar-refractivity contribution in [3.8, 4) is 5.75 Å². The van der Waals surface area contributed by atoms with Crippen LogP contribution in [0, 0.1) is 6.92 Å². The number of benzene rings is 2. The van der Waals surface area contributed by atoms with Gasteiger partial charge in [0.15, 0.2) is 0 Å². The molecule has 0 heterocycles. The molecule has 0 saturated heterocycles. The second-order valence-electron chi connectivity index (χ2n) is 4.50. The summed E-state index contributed by atoms with van der Waals surface area (Å²) in [5.74, 6) is 0.873. The van der Waals surface area contributed by atoms with Crippen LogP contribution in [0.4, 0.5) is 11.4 Å². The standard InChI is InChI=1S/C16H18BrNO/c1-12-9-15(8-7-13(12)11-17)18(2)14-5-4-6-16(10-14)19-3/h4-10H,11H2,1-3H3. The minimum Gasteiger partial charge on any atom is -0.497 e. The molecule has 0 atom stereocenters. The fourth-order valence-corrected chi connectivity index (χ4v) is 2.64. The first-order chi connectivity index (χ1) is 9.15. The van der Waals surface area contributed by atoms with E-state index >= 15 is 0 Å². The minimum atomic E-state index is 0.873. The van der Waals surface area contributed by atoms with Crippen molar-refractivity contribution in [3.05, 3.63) is 53.6 Å². The predicted molar refractivity (Wildman–Crippen MR) is 84.9 cm³/mol. The van der Waals surface area contributed by atoms with Crippen molar-refractivity contribution >= 4 is 27.3 Å². The molecule has 0 bridgehead atoms. The number of nitrogens with zero attached hydrogens (tertiary/aromatic N) is 1. The van der Waals surface area contributed by atoms with Gasteiger partial charge in [0.25, 0.3) is 0 Å². The summed E-state index contributed by atoms with van der Waals surface area (Å²) in [6, 6.07) is 14.6. The van der Waals surface area contributed by atoms with Crippen LogP contribution in [0.15, 0.2) is 42.5 Å². The lowest BCUT2D eigenvalue weighted by Gasteiger charge is -2.21. The third-order valence-corrected chi connectivity index (χ3v) is 3.90. The zero-order valence-electron chi connectivity index (χ0n) is 11.5. The Morgan fingerprint density at radius 2 is 1.84 bits per heavy atom. The van der Waals surface area contributed by atoms with E-state index in [2.05, 4.69) is 59.1 Å². The Bertz CT molecular complexity index is 568. The van der Waals surface area contributed by atoms with Crippen LogP contribution in [-0.4, -0.2) is 14.2 Å². The highest BCUT2D eigenvalue weighted by atomic mass is 79.9. The van der Waals surface area contributed by atoms with E-state index in [0.29, 0.717) is 0 Å². The van der Waals surface area contributed by atoms with E-state index in [1.165, 1.54) is 16.8 Å². The quantitative estimate of drug-likeness (QED) is 0.759. The van der Waals surface area contributed by atoms with Gasteiger partial charge < -0.3 is 9.64 Å². The molecule has 3 heteroatoms. The van der Waals surface area contributed by atoms with Crippen LogP contribution in [0.1, 0.15) is 11.1 Å². The van der Waals surface area contributed by atoms with Gasteiger partial charge in [-0.2, -0.15) is 0 Å². The number of rotatable bonds is 4. The van der Waals surface area contributed by atoms with Gasteiger partial charge in [0.05, 0.1) is 7.11 Å². The largest absolute Gasteiger partial charge is 0.497 e. The summed E-state index contributed by atoms with van der Waals surface area (Å²) in [4.78, 5) is 2.16. The molecule has 0 unspecified atom stereocenters. The van der Waals surface area contributed by atoms with Gasteiger partial charge in [-0.25, -0.2) is 0 Å². The number of alkyl halides is 1. The van der Waals surface area contributed by atoms with Gasteiger partial charge in [-0.05, 0) is 42.3 Å². The van der Waals surface area contributed by atoms with Crippen LogP contribution < -0.4 is 9.64 Å². The molecule has 2 aromatic rings. The number of halogens is 1. The fourth-order valence-electron chi connectivity index (χ4n) is 2.01. The van der Waals surface area contributed by atoms with E-state index in [1.807, 2.05) is 18.2 Å². The molecule has 2 aromatic carbocycles. The average Bonchev–Trinajstić information content (AvgIpc) is 2.46. The van der Waals surface area contributed by atoms with Crippen molar-refractivity contribution in [3.63, 3.8) is 0 Å². The van der Waals surface area contributed by atoms with Crippen molar-refractivity contribution in [2.75, 3.05) is 19.1 Å². The minimum absolute atomic E-state index is 0.873. The van der Waals surface area contributed by atoms with Crippen LogP contribution in [0.2, 0.25) is 0 Å². The first-order valence-electron chi connectivity index (χ1n) is 6.19. The maximum Gasteiger partial charge on any atom is 0.120 e. The second-order valence-corrected chi connectivity index (χ2v) is 5.07. The molecular formula is C16H18BrNO. The molecule has 0 radical (unpaired) electrons. The van der Waals surface area contributed by atoms with Crippen molar-refractivity contribution < 1.29 is 4.74 Å². The van der Waals surface area contributed by atoms with Crippen molar-refractivity contribution in [1.29, 1.82) is 0 Å². The van der Waals surface area contributed by atoms with Crippen molar-refractivity contribution in [2.24, 2.45) is 0 Å². The van der Waals surface area contributed by atoms with Crippen LogP contribution in [-0.2, 0) is 5.33 Å². The van der Waals surface area contributed by atoms with E-state index in [9.17, 15) is 0 Å². The number of anilines is 2. The Morgan fingerprint density at radius 1 is 1.11 bits per heavy atom. The molecular weight excluding hydrogens is 302 g/mol. The molecule has 100 valence electrons. The zero-order valence-corrected chi connectivity index (χ0v) is 13.1. The smallest absolute Gasteiger partial charge is 0.120 e. The van der Waals surface area contributed by atoms with Gasteiger partial charge in [-0.15, -0.1) is 0 Å². The van der Waals surface area contributed by atoms with Gasteiger partial charge in [0.1, 0.15) is 5.75 Å². The van der Waals surface area contributed by atoms with E-state index < -0.39 is 0 Å². The third kappa shape index (κ3) is 3.10. The molecule has 0 aliphatic rings. The van der Waals surface area contributed by atoms with Crippen molar-refractivity contribution in [2.45, 2.75) is 12.3 Å². The van der Waals surface area contributed by atoms with Crippen LogP contribution in [0.25, 0.3) is 0 Å². The Labute approximate surface area is 123 Å². The predicted octanol–water partition coefficient (Wildman–Crippen LogP) is 4.67. The third-order valence-electron chi connectivity index (χ3n) is 3.30. The molecule has 0 N–H and O–H groups in total. The maximum atomic E-state index is 5.27. The number of aryl methyl sites for hydroxylation is 1. The molecule has 2 rings (SSSR count). The Kier molecular flexibility index (Phi) is 4.48. The van der Waals surface area contributed by atoms with Gasteiger partial charge in [-0.1, -0.05) is 28.1 Å². The van der Waals surface area contributed by atoms with Gasteiger partial charge in [-0.3, -0.25) is 0 Å². The monoisotopic (exact) mass is 319 g/mol. The van der Waals surface area contributed by atoms with Gasteiger partial charge >= 0.3 is 0 Å². The highest BCUT2D eigenvalue weighted by molar-refractivity contribution is 9.08. The fraction of sp³-hybridized carbons (Fsp3) is 0.250. The maximum absolute atomic E-state index is 5.27. The number of hydrogen-bond donors (Lipinski definition) is 0. The molecule has 0 aliphatic carbocycles. The summed E-state index contributed by atoms with van der Waals surface area (Å²) in [5.41, 5.74) is 4.91. The molecule has 0 amide bonds. The summed E-state index contributed by atoms with van der Waals surface area (Å²) >= 11 is 3.50. The first-order valence-corrected chi connectivity index (χ1v) is 7.31. The molecule has 0 fully saturated rings. The topological polar surface area (TPSA) is 12.5 Å². The highest BCUT2D eigenvalue weighted by Crippen LogP contribution is 2.28. The van der Waals surface area contributed by atoms with Gasteiger partial charge in [0, 0.05) is 29.8 Å². The lowest BCUT2D eigenvalue weighted by molar-refractivity contribution is 0.415. The Hall–Kier alpha value is -1.48. The highest BCUT2D eigenvalue weighted by Gasteiger charge is 2.06. The molecule has 0 saturated carbocycles. The Balaban J connectivity index is 2.32. The average molecular weight is 320 g/mol. The lowest BCUT2D eigenvalue weighted by atomic mass is 10.1. The second kappa shape index (κ2) is 6.11.